The van der Waals surface area contributed by atoms with Crippen LogP contribution in [0.15, 0.2) is 18.2 Å². The summed E-state index contributed by atoms with van der Waals surface area (Å²) in [6.07, 6.45) is 0.354. The Kier molecular flexibility index (Phi) is 4.54. The summed E-state index contributed by atoms with van der Waals surface area (Å²) in [5.74, 6) is -0.116. The van der Waals surface area contributed by atoms with E-state index in [9.17, 15) is 14.7 Å². The molecule has 1 aromatic rings. The van der Waals surface area contributed by atoms with E-state index in [2.05, 4.69) is 24.1 Å². The number of amides is 2. The largest absolute Gasteiger partial charge is 0.508 e. The molecule has 0 saturated carbocycles. The summed E-state index contributed by atoms with van der Waals surface area (Å²) in [6, 6.07) is 5.46. The Morgan fingerprint density at radius 2 is 2.00 bits per heavy atom. The monoisotopic (exact) mass is 294 g/mol. The molecule has 20 heavy (non-hydrogen) atoms. The minimum Gasteiger partial charge on any atom is -0.508 e. The van der Waals surface area contributed by atoms with Gasteiger partial charge in [0.2, 0.25) is 5.91 Å². The Morgan fingerprint density at radius 3 is 2.50 bits per heavy atom. The molecule has 1 atom stereocenters. The molecule has 1 saturated heterocycles. The molecule has 6 heteroatoms. The fourth-order valence-corrected chi connectivity index (χ4v) is 3.08. The van der Waals surface area contributed by atoms with Crippen LogP contribution in [-0.2, 0) is 11.2 Å². The topological polar surface area (TPSA) is 69.6 Å². The highest BCUT2D eigenvalue weighted by Gasteiger charge is 2.32. The summed E-state index contributed by atoms with van der Waals surface area (Å²) >= 11 is 0.976. The Labute approximate surface area is 122 Å². The zero-order valence-corrected chi connectivity index (χ0v) is 12.4. The number of nitrogens with one attached hydrogen (secondary N) is 1. The van der Waals surface area contributed by atoms with E-state index in [1.54, 1.807) is 6.07 Å². The highest BCUT2D eigenvalue weighted by molar-refractivity contribution is 8.15. The van der Waals surface area contributed by atoms with Crippen LogP contribution in [0.4, 0.5) is 10.5 Å². The second-order valence-electron chi connectivity index (χ2n) is 4.57. The summed E-state index contributed by atoms with van der Waals surface area (Å²) in [4.78, 5) is 24.8. The van der Waals surface area contributed by atoms with Crippen molar-refractivity contribution in [3.8, 4) is 5.75 Å². The van der Waals surface area contributed by atoms with Crippen molar-refractivity contribution in [3.05, 3.63) is 23.8 Å². The molecular weight excluding hydrogens is 276 g/mol. The molecule has 1 fully saturated rings. The summed E-state index contributed by atoms with van der Waals surface area (Å²) in [5.41, 5.74) is 1.64. The van der Waals surface area contributed by atoms with Gasteiger partial charge in [-0.15, -0.1) is 0 Å². The van der Waals surface area contributed by atoms with Crippen LogP contribution in [0, 0.1) is 0 Å². The molecule has 5 nitrogen and oxygen atoms in total. The number of hydrogen-bond acceptors (Lipinski definition) is 5. The van der Waals surface area contributed by atoms with Crippen LogP contribution in [0.1, 0.15) is 19.4 Å². The molecule has 0 radical (unpaired) electrons. The predicted molar refractivity (Wildman–Crippen MR) is 80.3 cm³/mol. The fourth-order valence-electron chi connectivity index (χ4n) is 2.24. The molecule has 0 aromatic heterocycles. The predicted octanol–water partition coefficient (Wildman–Crippen LogP) is 2.13. The van der Waals surface area contributed by atoms with E-state index < -0.39 is 5.25 Å². The lowest BCUT2D eigenvalue weighted by molar-refractivity contribution is -0.118. The lowest BCUT2D eigenvalue weighted by Gasteiger charge is -2.21. The molecule has 108 valence electrons. The molecule has 1 aliphatic heterocycles. The highest BCUT2D eigenvalue weighted by atomic mass is 32.2. The van der Waals surface area contributed by atoms with Crippen LogP contribution in [0.2, 0.25) is 0 Å². The zero-order chi connectivity index (χ0) is 14.7. The van der Waals surface area contributed by atoms with Crippen LogP contribution in [0.25, 0.3) is 0 Å². The fraction of sp³-hybridized carbons (Fsp3) is 0.429. The van der Waals surface area contributed by atoms with Crippen molar-refractivity contribution in [2.75, 3.05) is 18.0 Å². The lowest BCUT2D eigenvalue weighted by atomic mass is 10.1. The maximum absolute atomic E-state index is 11.5. The van der Waals surface area contributed by atoms with Gasteiger partial charge in [-0.05, 0) is 31.9 Å². The number of phenols is 1. The first-order chi connectivity index (χ1) is 9.55. The van der Waals surface area contributed by atoms with Crippen molar-refractivity contribution in [3.63, 3.8) is 0 Å². The second kappa shape index (κ2) is 6.17. The number of rotatable bonds is 5. The van der Waals surface area contributed by atoms with E-state index in [1.165, 1.54) is 0 Å². The van der Waals surface area contributed by atoms with Crippen LogP contribution < -0.4 is 10.2 Å². The molecule has 1 aliphatic rings. The summed E-state index contributed by atoms with van der Waals surface area (Å²) in [6.45, 7) is 5.84. The third-order valence-corrected chi connectivity index (χ3v) is 4.35. The number of nitrogens with zero attached hydrogens (tertiary/aromatic N) is 1. The van der Waals surface area contributed by atoms with E-state index >= 15 is 0 Å². The number of hydrogen-bond donors (Lipinski definition) is 2. The van der Waals surface area contributed by atoms with Crippen molar-refractivity contribution >= 4 is 28.6 Å². The van der Waals surface area contributed by atoms with Crippen molar-refractivity contribution in [1.29, 1.82) is 0 Å². The Bertz CT molecular complexity index is 529. The van der Waals surface area contributed by atoms with Crippen LogP contribution in [-0.4, -0.2) is 34.6 Å². The lowest BCUT2D eigenvalue weighted by Crippen LogP contribution is -2.25. The molecule has 0 aliphatic carbocycles. The minimum absolute atomic E-state index is 0.169. The minimum atomic E-state index is -0.451. The van der Waals surface area contributed by atoms with Crippen molar-refractivity contribution in [2.45, 2.75) is 25.5 Å². The third-order valence-electron chi connectivity index (χ3n) is 3.37. The van der Waals surface area contributed by atoms with Crippen molar-refractivity contribution in [1.82, 2.24) is 5.32 Å². The van der Waals surface area contributed by atoms with Gasteiger partial charge in [0.1, 0.15) is 5.75 Å². The maximum Gasteiger partial charge on any atom is 0.286 e. The summed E-state index contributed by atoms with van der Waals surface area (Å²) in [7, 11) is 0. The molecule has 2 amide bonds. The maximum atomic E-state index is 11.5. The Morgan fingerprint density at radius 1 is 1.30 bits per heavy atom. The van der Waals surface area contributed by atoms with E-state index in [0.29, 0.717) is 12.0 Å². The van der Waals surface area contributed by atoms with Gasteiger partial charge in [-0.2, -0.15) is 0 Å². The Hall–Kier alpha value is -1.69. The number of phenolic OH excluding ortho intramolecular Hbond substituents is 1. The molecule has 1 unspecified atom stereocenters. The van der Waals surface area contributed by atoms with Gasteiger partial charge in [-0.25, -0.2) is 0 Å². The summed E-state index contributed by atoms with van der Waals surface area (Å²) < 4.78 is 0. The number of thioether (sulfide) groups is 1. The van der Waals surface area contributed by atoms with E-state index in [0.717, 1.165) is 30.5 Å². The number of aromatic hydroxyl groups is 1. The first-order valence-corrected chi connectivity index (χ1v) is 7.51. The van der Waals surface area contributed by atoms with Crippen LogP contribution >= 0.6 is 11.8 Å². The van der Waals surface area contributed by atoms with Gasteiger partial charge in [-0.1, -0.05) is 17.8 Å². The number of imide groups is 1. The normalized spacial score (nSPS) is 18.2. The van der Waals surface area contributed by atoms with Gasteiger partial charge in [0.05, 0.1) is 5.25 Å². The molecule has 1 heterocycles. The number of benzene rings is 1. The van der Waals surface area contributed by atoms with E-state index in [1.807, 2.05) is 12.1 Å². The molecule has 0 bridgehead atoms. The standard InChI is InChI=1S/C14H18N2O3S/c1-3-16(4-2)10-6-5-9(11(17)8-10)7-12-13(18)15-14(19)20-12/h5-6,8,12,17H,3-4,7H2,1-2H3,(H,15,18,19). The van der Waals surface area contributed by atoms with Gasteiger partial charge < -0.3 is 10.0 Å². The average Bonchev–Trinajstić information content (AvgIpc) is 2.72. The quantitative estimate of drug-likeness (QED) is 0.870. The smallest absolute Gasteiger partial charge is 0.286 e. The highest BCUT2D eigenvalue weighted by Crippen LogP contribution is 2.29. The first kappa shape index (κ1) is 14.7. The first-order valence-electron chi connectivity index (χ1n) is 6.63. The molecule has 2 rings (SSSR count). The molecule has 1 aromatic carbocycles. The molecular formula is C14H18N2O3S. The van der Waals surface area contributed by atoms with Crippen molar-refractivity contribution < 1.29 is 14.7 Å². The van der Waals surface area contributed by atoms with Gasteiger partial charge in [0.25, 0.3) is 5.24 Å². The van der Waals surface area contributed by atoms with Gasteiger partial charge in [-0.3, -0.25) is 14.9 Å². The van der Waals surface area contributed by atoms with E-state index in [4.69, 9.17) is 0 Å². The number of carbonyl (C=O) groups is 2. The van der Waals surface area contributed by atoms with Crippen LogP contribution in [0.3, 0.4) is 0 Å². The Balaban J connectivity index is 2.14. The van der Waals surface area contributed by atoms with Gasteiger partial charge >= 0.3 is 0 Å². The molecule has 0 spiro atoms. The van der Waals surface area contributed by atoms with Crippen LogP contribution in [0.5, 0.6) is 5.75 Å². The number of anilines is 1. The zero-order valence-electron chi connectivity index (χ0n) is 11.5. The van der Waals surface area contributed by atoms with Crippen molar-refractivity contribution in [2.24, 2.45) is 0 Å². The third kappa shape index (κ3) is 3.07. The average molecular weight is 294 g/mol. The molecule has 2 N–H and O–H groups in total. The summed E-state index contributed by atoms with van der Waals surface area (Å²) in [5, 5.41) is 11.6. The SMILES string of the molecule is CCN(CC)c1ccc(CC2SC(=O)NC2=O)c(O)c1. The number of carbonyl (C=O) groups excluding carboxylic acids is 2. The van der Waals surface area contributed by atoms with Gasteiger partial charge in [0, 0.05) is 24.8 Å². The second-order valence-corrected chi connectivity index (χ2v) is 5.75. The van der Waals surface area contributed by atoms with Gasteiger partial charge in [0.15, 0.2) is 0 Å². The van der Waals surface area contributed by atoms with E-state index in [-0.39, 0.29) is 16.9 Å².